The number of aromatic nitrogens is 3. The van der Waals surface area contributed by atoms with Crippen LogP contribution in [0, 0.1) is 0 Å². The third kappa shape index (κ3) is 3.52. The molecular weight excluding hydrogens is 364 g/mol. The second-order valence-electron chi connectivity index (χ2n) is 6.13. The van der Waals surface area contributed by atoms with Gasteiger partial charge in [0.25, 0.3) is 0 Å². The summed E-state index contributed by atoms with van der Waals surface area (Å²) in [5.41, 5.74) is 1.55. The van der Waals surface area contributed by atoms with Gasteiger partial charge in [-0.25, -0.2) is 14.6 Å². The van der Waals surface area contributed by atoms with Gasteiger partial charge in [-0.2, -0.15) is 5.10 Å². The van der Waals surface area contributed by atoms with Gasteiger partial charge in [-0.1, -0.05) is 18.2 Å². The molecule has 0 spiro atoms. The third-order valence-electron chi connectivity index (χ3n) is 4.36. The van der Waals surface area contributed by atoms with E-state index in [0.29, 0.717) is 35.6 Å². The maximum absolute atomic E-state index is 12.4. The second kappa shape index (κ2) is 7.43. The standard InChI is InChI=1S/C18H18N6O4/c1-27-18(26)22-16-11-9-19-15(8-13(11)23-24-16)21-17(25)20-12-6-7-28-14-5-3-2-4-10(12)14/h2-5,8-9,12H,6-7H2,1H3,(H2,19,20,21,25)(H2,22,23,24,26)/t12-/m1/s1. The number of ether oxygens (including phenoxy) is 2. The van der Waals surface area contributed by atoms with Gasteiger partial charge in [0.1, 0.15) is 11.6 Å². The summed E-state index contributed by atoms with van der Waals surface area (Å²) in [5, 5.41) is 15.5. The minimum Gasteiger partial charge on any atom is -0.493 e. The van der Waals surface area contributed by atoms with Crippen molar-refractivity contribution in [3.8, 4) is 5.75 Å². The number of pyridine rings is 1. The highest BCUT2D eigenvalue weighted by atomic mass is 16.5. The zero-order valence-electron chi connectivity index (χ0n) is 15.0. The van der Waals surface area contributed by atoms with E-state index in [1.165, 1.54) is 13.3 Å². The lowest BCUT2D eigenvalue weighted by atomic mass is 10.0. The molecule has 4 rings (SSSR count). The van der Waals surface area contributed by atoms with Crippen molar-refractivity contribution in [2.24, 2.45) is 0 Å². The molecule has 28 heavy (non-hydrogen) atoms. The number of benzene rings is 1. The van der Waals surface area contributed by atoms with Gasteiger partial charge in [-0.05, 0) is 6.07 Å². The van der Waals surface area contributed by atoms with Crippen molar-refractivity contribution in [3.05, 3.63) is 42.1 Å². The molecule has 144 valence electrons. The molecule has 10 heteroatoms. The van der Waals surface area contributed by atoms with Crippen LogP contribution in [0.1, 0.15) is 18.0 Å². The lowest BCUT2D eigenvalue weighted by molar-refractivity contribution is 0.187. The van der Waals surface area contributed by atoms with Crippen LogP contribution in [0.3, 0.4) is 0 Å². The number of amides is 3. The van der Waals surface area contributed by atoms with Crippen molar-refractivity contribution < 1.29 is 19.1 Å². The summed E-state index contributed by atoms with van der Waals surface area (Å²) in [6.45, 7) is 0.538. The normalized spacial score (nSPS) is 15.2. The molecule has 0 saturated heterocycles. The minimum atomic E-state index is -0.633. The summed E-state index contributed by atoms with van der Waals surface area (Å²) < 4.78 is 10.2. The number of methoxy groups -OCH3 is 1. The number of carbonyl (C=O) groups is 2. The van der Waals surface area contributed by atoms with Crippen molar-refractivity contribution in [1.82, 2.24) is 20.5 Å². The number of hydrogen-bond donors (Lipinski definition) is 4. The fourth-order valence-corrected chi connectivity index (χ4v) is 3.03. The SMILES string of the molecule is COC(=O)Nc1n[nH]c2cc(NC(=O)N[C@@H]3CCOc4ccccc43)ncc12. The number of fused-ring (bicyclic) bond motifs is 2. The molecule has 0 radical (unpaired) electrons. The Morgan fingerprint density at radius 3 is 3.00 bits per heavy atom. The van der Waals surface area contributed by atoms with Gasteiger partial charge in [0.05, 0.1) is 30.7 Å². The van der Waals surface area contributed by atoms with Crippen LogP contribution in [0.15, 0.2) is 36.5 Å². The first-order chi connectivity index (χ1) is 13.6. The van der Waals surface area contributed by atoms with Crippen LogP contribution in [0.25, 0.3) is 10.9 Å². The maximum atomic E-state index is 12.4. The van der Waals surface area contributed by atoms with Gasteiger partial charge in [0, 0.05) is 24.2 Å². The van der Waals surface area contributed by atoms with Crippen molar-refractivity contribution in [3.63, 3.8) is 0 Å². The van der Waals surface area contributed by atoms with Crippen LogP contribution in [0.5, 0.6) is 5.75 Å². The largest absolute Gasteiger partial charge is 0.493 e. The number of carbonyl (C=O) groups excluding carboxylic acids is 2. The zero-order valence-corrected chi connectivity index (χ0v) is 15.0. The monoisotopic (exact) mass is 382 g/mol. The fourth-order valence-electron chi connectivity index (χ4n) is 3.03. The smallest absolute Gasteiger partial charge is 0.412 e. The Morgan fingerprint density at radius 1 is 1.29 bits per heavy atom. The van der Waals surface area contributed by atoms with E-state index in [1.807, 2.05) is 24.3 Å². The molecule has 0 unspecified atom stereocenters. The third-order valence-corrected chi connectivity index (χ3v) is 4.36. The Hall–Kier alpha value is -3.82. The predicted octanol–water partition coefficient (Wildman–Crippen LogP) is 2.78. The number of H-pyrrole nitrogens is 1. The van der Waals surface area contributed by atoms with Gasteiger partial charge < -0.3 is 14.8 Å². The minimum absolute atomic E-state index is 0.142. The van der Waals surface area contributed by atoms with E-state index < -0.39 is 6.09 Å². The Morgan fingerprint density at radius 2 is 2.14 bits per heavy atom. The van der Waals surface area contributed by atoms with Gasteiger partial charge in [-0.3, -0.25) is 15.7 Å². The van der Waals surface area contributed by atoms with Crippen molar-refractivity contribution in [2.75, 3.05) is 24.4 Å². The summed E-state index contributed by atoms with van der Waals surface area (Å²) in [6, 6.07) is 8.74. The van der Waals surface area contributed by atoms with Gasteiger partial charge in [0.2, 0.25) is 0 Å². The Labute approximate surface area is 159 Å². The predicted molar refractivity (Wildman–Crippen MR) is 101 cm³/mol. The highest BCUT2D eigenvalue weighted by molar-refractivity contribution is 5.98. The lowest BCUT2D eigenvalue weighted by Crippen LogP contribution is -2.35. The molecule has 4 N–H and O–H groups in total. The molecule has 1 atom stereocenters. The molecule has 3 heterocycles. The quantitative estimate of drug-likeness (QED) is 0.551. The van der Waals surface area contributed by atoms with Crippen LogP contribution >= 0.6 is 0 Å². The first kappa shape index (κ1) is 17.6. The molecule has 3 amide bonds. The Bertz CT molecular complexity index is 1030. The van der Waals surface area contributed by atoms with Crippen molar-refractivity contribution in [2.45, 2.75) is 12.5 Å². The summed E-state index contributed by atoms with van der Waals surface area (Å²) in [7, 11) is 1.26. The van der Waals surface area contributed by atoms with Crippen LogP contribution in [-0.4, -0.2) is 41.0 Å². The Kier molecular flexibility index (Phi) is 4.67. The molecule has 1 aliphatic heterocycles. The van der Waals surface area contributed by atoms with Crippen molar-refractivity contribution in [1.29, 1.82) is 0 Å². The number of hydrogen-bond acceptors (Lipinski definition) is 6. The highest BCUT2D eigenvalue weighted by Gasteiger charge is 2.22. The van der Waals surface area contributed by atoms with Crippen molar-refractivity contribution >= 4 is 34.7 Å². The molecule has 0 bridgehead atoms. The van der Waals surface area contributed by atoms with E-state index in [4.69, 9.17) is 4.74 Å². The topological polar surface area (TPSA) is 130 Å². The van der Waals surface area contributed by atoms with E-state index in [9.17, 15) is 9.59 Å². The maximum Gasteiger partial charge on any atom is 0.412 e. The van der Waals surface area contributed by atoms with Gasteiger partial charge in [0.15, 0.2) is 5.82 Å². The molecule has 0 saturated carbocycles. The lowest BCUT2D eigenvalue weighted by Gasteiger charge is -2.26. The molecule has 1 aromatic carbocycles. The van der Waals surface area contributed by atoms with E-state index >= 15 is 0 Å². The molecule has 10 nitrogen and oxygen atoms in total. The molecule has 3 aromatic rings. The summed E-state index contributed by atoms with van der Waals surface area (Å²) in [6.07, 6.45) is 1.55. The average Bonchev–Trinajstić information content (AvgIpc) is 3.10. The zero-order chi connectivity index (χ0) is 19.5. The second-order valence-corrected chi connectivity index (χ2v) is 6.13. The Balaban J connectivity index is 1.45. The van der Waals surface area contributed by atoms with Gasteiger partial charge >= 0.3 is 12.1 Å². The molecule has 1 aliphatic rings. The fraction of sp³-hybridized carbons (Fsp3) is 0.222. The number of rotatable bonds is 3. The highest BCUT2D eigenvalue weighted by Crippen LogP contribution is 2.31. The van der Waals surface area contributed by atoms with E-state index in [-0.39, 0.29) is 12.1 Å². The van der Waals surface area contributed by atoms with E-state index in [1.54, 1.807) is 6.07 Å². The number of nitrogens with one attached hydrogen (secondary N) is 4. The van der Waals surface area contributed by atoms with Crippen LogP contribution in [0.2, 0.25) is 0 Å². The average molecular weight is 382 g/mol. The summed E-state index contributed by atoms with van der Waals surface area (Å²) >= 11 is 0. The number of para-hydroxylation sites is 1. The number of nitrogens with zero attached hydrogens (tertiary/aromatic N) is 2. The van der Waals surface area contributed by atoms with Crippen LogP contribution < -0.4 is 20.7 Å². The first-order valence-electron chi connectivity index (χ1n) is 8.62. The molecule has 0 aliphatic carbocycles. The summed E-state index contributed by atoms with van der Waals surface area (Å²) in [5.74, 6) is 1.42. The molecule has 0 fully saturated rings. The van der Waals surface area contributed by atoms with E-state index in [0.717, 1.165) is 11.3 Å². The van der Waals surface area contributed by atoms with Crippen LogP contribution in [0.4, 0.5) is 21.2 Å². The summed E-state index contributed by atoms with van der Waals surface area (Å²) in [4.78, 5) is 27.9. The van der Waals surface area contributed by atoms with Crippen LogP contribution in [-0.2, 0) is 4.74 Å². The van der Waals surface area contributed by atoms with E-state index in [2.05, 4.69) is 35.9 Å². The number of urea groups is 1. The number of anilines is 2. The van der Waals surface area contributed by atoms with Gasteiger partial charge in [-0.15, -0.1) is 0 Å². The molecular formula is C18H18N6O4. The molecule has 2 aromatic heterocycles. The first-order valence-corrected chi connectivity index (χ1v) is 8.62. The number of aromatic amines is 1.